The molecule has 1 aromatic carbocycles. The van der Waals surface area contributed by atoms with E-state index in [0.29, 0.717) is 5.52 Å². The van der Waals surface area contributed by atoms with Crippen LogP contribution < -0.4 is 11.2 Å². The summed E-state index contributed by atoms with van der Waals surface area (Å²) >= 11 is 0. The van der Waals surface area contributed by atoms with Crippen molar-refractivity contribution in [2.45, 2.75) is 6.54 Å². The molecule has 0 unspecified atom stereocenters. The van der Waals surface area contributed by atoms with Gasteiger partial charge in [0.15, 0.2) is 0 Å². The molecule has 1 heterocycles. The van der Waals surface area contributed by atoms with E-state index in [1.54, 1.807) is 18.2 Å². The molecular formula is C15H17N3O6. The minimum absolute atomic E-state index is 0.0435. The molecule has 1 aromatic heterocycles. The van der Waals surface area contributed by atoms with Crippen LogP contribution in [-0.4, -0.2) is 58.2 Å². The number of methoxy groups -OCH3 is 1. The largest absolute Gasteiger partial charge is 0.480 e. The summed E-state index contributed by atoms with van der Waals surface area (Å²) in [7, 11) is 1.42. The lowest BCUT2D eigenvalue weighted by Gasteiger charge is -2.20. The van der Waals surface area contributed by atoms with Crippen molar-refractivity contribution in [3.05, 3.63) is 45.1 Å². The van der Waals surface area contributed by atoms with Gasteiger partial charge in [0.25, 0.3) is 5.56 Å². The number of rotatable bonds is 7. The van der Waals surface area contributed by atoms with Crippen LogP contribution in [0.3, 0.4) is 0 Å². The molecule has 128 valence electrons. The molecule has 2 aromatic rings. The molecule has 0 aliphatic rings. The lowest BCUT2D eigenvalue weighted by Crippen LogP contribution is -2.44. The third-order valence-electron chi connectivity index (χ3n) is 3.43. The number of carboxylic acid groups (broad SMARTS) is 1. The van der Waals surface area contributed by atoms with Gasteiger partial charge in [-0.3, -0.25) is 19.0 Å². The van der Waals surface area contributed by atoms with E-state index in [2.05, 4.69) is 4.98 Å². The summed E-state index contributed by atoms with van der Waals surface area (Å²) in [5.41, 5.74) is -0.961. The molecule has 0 saturated heterocycles. The highest BCUT2D eigenvalue weighted by Crippen LogP contribution is 2.03. The molecule has 0 radical (unpaired) electrons. The van der Waals surface area contributed by atoms with Crippen LogP contribution in [0.25, 0.3) is 10.9 Å². The third-order valence-corrected chi connectivity index (χ3v) is 3.43. The lowest BCUT2D eigenvalue weighted by atomic mass is 10.2. The monoisotopic (exact) mass is 335 g/mol. The number of H-pyrrole nitrogens is 1. The van der Waals surface area contributed by atoms with E-state index in [-0.39, 0.29) is 18.5 Å². The molecule has 0 bridgehead atoms. The fraction of sp³-hybridized carbons (Fsp3) is 0.333. The summed E-state index contributed by atoms with van der Waals surface area (Å²) < 4.78 is 5.59. The summed E-state index contributed by atoms with van der Waals surface area (Å²) in [6.45, 7) is -0.901. The molecule has 0 atom stereocenters. The van der Waals surface area contributed by atoms with Crippen LogP contribution in [0.1, 0.15) is 0 Å². The minimum Gasteiger partial charge on any atom is -0.480 e. The van der Waals surface area contributed by atoms with Gasteiger partial charge in [0.1, 0.15) is 13.1 Å². The number of aromatic nitrogens is 2. The van der Waals surface area contributed by atoms with Gasteiger partial charge in [-0.05, 0) is 12.1 Å². The second-order valence-corrected chi connectivity index (χ2v) is 5.07. The van der Waals surface area contributed by atoms with Gasteiger partial charge in [0.2, 0.25) is 5.91 Å². The number of nitrogens with zero attached hydrogens (tertiary/aromatic N) is 2. The van der Waals surface area contributed by atoms with E-state index >= 15 is 0 Å². The number of aliphatic carboxylic acids is 1. The zero-order valence-corrected chi connectivity index (χ0v) is 13.0. The van der Waals surface area contributed by atoms with Crippen molar-refractivity contribution in [1.29, 1.82) is 0 Å². The van der Waals surface area contributed by atoms with E-state index in [1.165, 1.54) is 13.2 Å². The first-order valence-corrected chi connectivity index (χ1v) is 7.14. The Kier molecular flexibility index (Phi) is 5.48. The maximum atomic E-state index is 12.4. The summed E-state index contributed by atoms with van der Waals surface area (Å²) in [4.78, 5) is 51.1. The van der Waals surface area contributed by atoms with Crippen LogP contribution in [-0.2, 0) is 20.9 Å². The van der Waals surface area contributed by atoms with Crippen LogP contribution in [0.2, 0.25) is 0 Å². The SMILES string of the molecule is COCCN(CC(=O)O)C(=O)Cn1c(=O)[nH]c2ccccc2c1=O. The van der Waals surface area contributed by atoms with Crippen LogP contribution in [0.5, 0.6) is 0 Å². The van der Waals surface area contributed by atoms with Crippen molar-refractivity contribution in [2.75, 3.05) is 26.8 Å². The molecule has 2 rings (SSSR count). The van der Waals surface area contributed by atoms with E-state index in [4.69, 9.17) is 9.84 Å². The summed E-state index contributed by atoms with van der Waals surface area (Å²) in [6, 6.07) is 6.43. The number of carbonyl (C=O) groups excluding carboxylic acids is 1. The molecule has 24 heavy (non-hydrogen) atoms. The topological polar surface area (TPSA) is 122 Å². The highest BCUT2D eigenvalue weighted by Gasteiger charge is 2.19. The van der Waals surface area contributed by atoms with Crippen LogP contribution in [0.4, 0.5) is 0 Å². The quantitative estimate of drug-likeness (QED) is 0.686. The Hall–Kier alpha value is -2.94. The van der Waals surface area contributed by atoms with Gasteiger partial charge in [0.05, 0.1) is 17.5 Å². The Balaban J connectivity index is 2.33. The molecule has 0 aliphatic heterocycles. The van der Waals surface area contributed by atoms with Crippen molar-refractivity contribution < 1.29 is 19.4 Å². The molecule has 9 nitrogen and oxygen atoms in total. The number of hydrogen-bond donors (Lipinski definition) is 2. The fourth-order valence-corrected chi connectivity index (χ4v) is 2.23. The molecule has 0 spiro atoms. The number of aromatic amines is 1. The number of carbonyl (C=O) groups is 2. The number of amides is 1. The molecule has 0 saturated carbocycles. The van der Waals surface area contributed by atoms with Gasteiger partial charge >= 0.3 is 11.7 Å². The van der Waals surface area contributed by atoms with Crippen LogP contribution in [0.15, 0.2) is 33.9 Å². The number of ether oxygens (including phenoxy) is 1. The third kappa shape index (κ3) is 3.87. The lowest BCUT2D eigenvalue weighted by molar-refractivity contribution is -0.145. The first kappa shape index (κ1) is 17.4. The Morgan fingerprint density at radius 1 is 1.29 bits per heavy atom. The summed E-state index contributed by atoms with van der Waals surface area (Å²) in [5.74, 6) is -1.85. The normalized spacial score (nSPS) is 10.7. The van der Waals surface area contributed by atoms with Crippen LogP contribution in [0, 0.1) is 0 Å². The zero-order valence-electron chi connectivity index (χ0n) is 13.0. The highest BCUT2D eigenvalue weighted by atomic mass is 16.5. The number of para-hydroxylation sites is 1. The van der Waals surface area contributed by atoms with Gasteiger partial charge in [-0.2, -0.15) is 0 Å². The Labute approximate surface area is 136 Å². The minimum atomic E-state index is -1.20. The van der Waals surface area contributed by atoms with Gasteiger partial charge in [-0.15, -0.1) is 0 Å². The van der Waals surface area contributed by atoms with Crippen molar-refractivity contribution in [3.63, 3.8) is 0 Å². The molecule has 2 N–H and O–H groups in total. The van der Waals surface area contributed by atoms with Crippen molar-refractivity contribution >= 4 is 22.8 Å². The second-order valence-electron chi connectivity index (χ2n) is 5.07. The zero-order chi connectivity index (χ0) is 17.7. The maximum absolute atomic E-state index is 12.4. The molecular weight excluding hydrogens is 318 g/mol. The predicted molar refractivity (Wildman–Crippen MR) is 84.9 cm³/mol. The van der Waals surface area contributed by atoms with Crippen molar-refractivity contribution in [2.24, 2.45) is 0 Å². The molecule has 0 fully saturated rings. The Morgan fingerprint density at radius 3 is 2.67 bits per heavy atom. The van der Waals surface area contributed by atoms with E-state index in [1.807, 2.05) is 0 Å². The first-order valence-electron chi connectivity index (χ1n) is 7.14. The van der Waals surface area contributed by atoms with Crippen molar-refractivity contribution in [3.8, 4) is 0 Å². The predicted octanol–water partition coefficient (Wildman–Crippen LogP) is -0.751. The average molecular weight is 335 g/mol. The fourth-order valence-electron chi connectivity index (χ4n) is 2.23. The van der Waals surface area contributed by atoms with E-state index < -0.39 is 36.2 Å². The van der Waals surface area contributed by atoms with Crippen molar-refractivity contribution in [1.82, 2.24) is 14.5 Å². The van der Waals surface area contributed by atoms with Crippen LogP contribution >= 0.6 is 0 Å². The summed E-state index contributed by atoms with van der Waals surface area (Å²) in [6.07, 6.45) is 0. The summed E-state index contributed by atoms with van der Waals surface area (Å²) in [5, 5.41) is 9.15. The standard InChI is InChI=1S/C15H17N3O6/c1-24-7-6-17(9-13(20)21)12(19)8-18-14(22)10-4-2-3-5-11(10)16-15(18)23/h2-5H,6-9H2,1H3,(H,16,23)(H,20,21). The Bertz CT molecular complexity index is 869. The number of benzene rings is 1. The first-order chi connectivity index (χ1) is 11.4. The number of nitrogens with one attached hydrogen (secondary N) is 1. The average Bonchev–Trinajstić information content (AvgIpc) is 2.54. The van der Waals surface area contributed by atoms with E-state index in [9.17, 15) is 19.2 Å². The number of carboxylic acids is 1. The second kappa shape index (κ2) is 7.55. The maximum Gasteiger partial charge on any atom is 0.329 e. The van der Waals surface area contributed by atoms with Gasteiger partial charge in [-0.1, -0.05) is 12.1 Å². The molecule has 1 amide bonds. The highest BCUT2D eigenvalue weighted by molar-refractivity contribution is 5.82. The smallest absolute Gasteiger partial charge is 0.329 e. The number of hydrogen-bond acceptors (Lipinski definition) is 5. The van der Waals surface area contributed by atoms with Gasteiger partial charge < -0.3 is 19.7 Å². The molecule has 9 heteroatoms. The Morgan fingerprint density at radius 2 is 2.00 bits per heavy atom. The van der Waals surface area contributed by atoms with Gasteiger partial charge in [0, 0.05) is 13.7 Å². The van der Waals surface area contributed by atoms with E-state index in [0.717, 1.165) is 9.47 Å². The van der Waals surface area contributed by atoms with Gasteiger partial charge in [-0.25, -0.2) is 4.79 Å². The molecule has 0 aliphatic carbocycles. The number of fused-ring (bicyclic) bond motifs is 1.